The van der Waals surface area contributed by atoms with Crippen molar-refractivity contribution >= 4 is 38.9 Å². The van der Waals surface area contributed by atoms with Gasteiger partial charge >= 0.3 is 0 Å². The monoisotopic (exact) mass is 734 g/mol. The fourth-order valence-electron chi connectivity index (χ4n) is 9.11. The van der Waals surface area contributed by atoms with Gasteiger partial charge in [-0.1, -0.05) is 168 Å². The van der Waals surface area contributed by atoms with Crippen LogP contribution < -0.4 is 4.90 Å². The highest BCUT2D eigenvalue weighted by Gasteiger charge is 2.38. The Morgan fingerprint density at radius 3 is 1.79 bits per heavy atom. The Morgan fingerprint density at radius 2 is 1.05 bits per heavy atom. The number of rotatable bonds is 6. The van der Waals surface area contributed by atoms with E-state index in [1.807, 2.05) is 0 Å². The fraction of sp³-hybridized carbons (Fsp3) is 0.127. The Kier molecular flexibility index (Phi) is 8.09. The minimum absolute atomic E-state index is 0.118. The molecule has 0 unspecified atom stereocenters. The van der Waals surface area contributed by atoms with Gasteiger partial charge in [-0.25, -0.2) is 0 Å². The average molecular weight is 735 g/mol. The molecule has 276 valence electrons. The van der Waals surface area contributed by atoms with Gasteiger partial charge in [0.15, 0.2) is 0 Å². The number of para-hydroxylation sites is 2. The summed E-state index contributed by atoms with van der Waals surface area (Å²) in [6.45, 7) is 11.6. The molecular weight excluding hydrogens is 689 g/mol. The Balaban J connectivity index is 1.18. The van der Waals surface area contributed by atoms with E-state index in [2.05, 4.69) is 232 Å². The molecular formula is C55H46N2. The van der Waals surface area contributed by atoms with Crippen molar-refractivity contribution < 1.29 is 0 Å². The summed E-state index contributed by atoms with van der Waals surface area (Å²) < 4.78 is 2.41. The van der Waals surface area contributed by atoms with Gasteiger partial charge in [0.1, 0.15) is 0 Å². The number of hydrogen-bond acceptors (Lipinski definition) is 1. The van der Waals surface area contributed by atoms with Crippen molar-refractivity contribution in [1.29, 1.82) is 0 Å². The van der Waals surface area contributed by atoms with E-state index in [1.54, 1.807) is 0 Å². The maximum absolute atomic E-state index is 2.48. The summed E-state index contributed by atoms with van der Waals surface area (Å²) in [4.78, 5) is 2.48. The van der Waals surface area contributed by atoms with Crippen molar-refractivity contribution in [2.75, 3.05) is 4.90 Å². The van der Waals surface area contributed by atoms with E-state index in [-0.39, 0.29) is 10.8 Å². The van der Waals surface area contributed by atoms with Crippen LogP contribution >= 0.6 is 0 Å². The highest BCUT2D eigenvalue weighted by atomic mass is 15.1. The van der Waals surface area contributed by atoms with E-state index in [0.717, 1.165) is 17.1 Å². The summed E-state index contributed by atoms with van der Waals surface area (Å²) in [6, 6.07) is 69.4. The molecule has 0 saturated carbocycles. The highest BCUT2D eigenvalue weighted by molar-refractivity contribution is 6.10. The van der Waals surface area contributed by atoms with Gasteiger partial charge in [0.05, 0.1) is 16.7 Å². The van der Waals surface area contributed by atoms with E-state index in [1.165, 1.54) is 77.6 Å². The van der Waals surface area contributed by atoms with Gasteiger partial charge in [-0.15, -0.1) is 0 Å². The molecule has 9 aromatic rings. The molecule has 2 heteroatoms. The number of nitrogens with zero attached hydrogens (tertiary/aromatic N) is 2. The molecule has 0 amide bonds. The molecule has 1 aliphatic carbocycles. The standard InChI is InChI=1S/C55H46N2/c1-54(2,3)41-28-23-39(24-29-41)40-27-33-47-49(35-40)55(4,5)48-20-14-22-51(53(47)48)56(43-30-25-38(26-31-43)37-15-8-6-9-16-37)44-32-34-46-45-19-12-13-21-50(45)57(52(46)36-44)42-17-10-7-11-18-42/h6-36H,1-5H3. The molecule has 10 rings (SSSR count). The predicted octanol–water partition coefficient (Wildman–Crippen LogP) is 15.2. The summed E-state index contributed by atoms with van der Waals surface area (Å²) in [5.41, 5.74) is 18.4. The third-order valence-corrected chi connectivity index (χ3v) is 12.2. The first kappa shape index (κ1) is 34.8. The number of benzene rings is 8. The van der Waals surface area contributed by atoms with Crippen LogP contribution in [0, 0.1) is 0 Å². The molecule has 0 saturated heterocycles. The van der Waals surface area contributed by atoms with Crippen LogP contribution in [0.3, 0.4) is 0 Å². The predicted molar refractivity (Wildman–Crippen MR) is 243 cm³/mol. The van der Waals surface area contributed by atoms with Gasteiger partial charge in [-0.2, -0.15) is 0 Å². The maximum Gasteiger partial charge on any atom is 0.0561 e. The minimum atomic E-state index is -0.186. The van der Waals surface area contributed by atoms with E-state index in [4.69, 9.17) is 0 Å². The van der Waals surface area contributed by atoms with Crippen molar-refractivity contribution in [2.45, 2.75) is 45.4 Å². The topological polar surface area (TPSA) is 8.17 Å². The number of hydrogen-bond donors (Lipinski definition) is 0. The van der Waals surface area contributed by atoms with E-state index in [9.17, 15) is 0 Å². The highest BCUT2D eigenvalue weighted by Crippen LogP contribution is 2.55. The van der Waals surface area contributed by atoms with Crippen LogP contribution in [0.4, 0.5) is 17.1 Å². The summed E-state index contributed by atoms with van der Waals surface area (Å²) in [5.74, 6) is 0. The molecule has 1 aliphatic rings. The summed E-state index contributed by atoms with van der Waals surface area (Å²) in [6.07, 6.45) is 0. The lowest BCUT2D eigenvalue weighted by atomic mass is 9.81. The quantitative estimate of drug-likeness (QED) is 0.165. The molecule has 0 N–H and O–H groups in total. The zero-order valence-corrected chi connectivity index (χ0v) is 33.3. The number of fused-ring (bicyclic) bond motifs is 6. The summed E-state index contributed by atoms with van der Waals surface area (Å²) >= 11 is 0. The maximum atomic E-state index is 2.48. The first-order valence-corrected chi connectivity index (χ1v) is 20.1. The van der Waals surface area contributed by atoms with Gasteiger partial charge in [0.2, 0.25) is 0 Å². The van der Waals surface area contributed by atoms with Crippen LogP contribution in [0.1, 0.15) is 51.3 Å². The lowest BCUT2D eigenvalue weighted by molar-refractivity contribution is 0.590. The molecule has 57 heavy (non-hydrogen) atoms. The first-order chi connectivity index (χ1) is 27.7. The average Bonchev–Trinajstić information content (AvgIpc) is 3.69. The number of aromatic nitrogens is 1. The van der Waals surface area contributed by atoms with Crippen LogP contribution in [-0.4, -0.2) is 4.57 Å². The third-order valence-electron chi connectivity index (χ3n) is 12.2. The number of anilines is 3. The normalized spacial score (nSPS) is 13.1. The molecule has 1 aromatic heterocycles. The summed E-state index contributed by atoms with van der Waals surface area (Å²) in [7, 11) is 0. The lowest BCUT2D eigenvalue weighted by Crippen LogP contribution is -2.16. The van der Waals surface area contributed by atoms with Crippen LogP contribution in [-0.2, 0) is 10.8 Å². The van der Waals surface area contributed by atoms with Gasteiger partial charge in [0.25, 0.3) is 0 Å². The van der Waals surface area contributed by atoms with E-state index >= 15 is 0 Å². The Morgan fingerprint density at radius 1 is 0.456 bits per heavy atom. The molecule has 0 aliphatic heterocycles. The van der Waals surface area contributed by atoms with Crippen LogP contribution in [0.15, 0.2) is 188 Å². The van der Waals surface area contributed by atoms with Gasteiger partial charge in [-0.3, -0.25) is 0 Å². The van der Waals surface area contributed by atoms with Crippen LogP contribution in [0.2, 0.25) is 0 Å². The third kappa shape index (κ3) is 5.78. The SMILES string of the molecule is CC(C)(C)c1ccc(-c2ccc3c(c2)C(C)(C)c2cccc(N(c4ccc(-c5ccccc5)cc4)c4ccc5c6ccccc6n(-c6ccccc6)c5c4)c2-3)cc1. The smallest absolute Gasteiger partial charge is 0.0561 e. The second-order valence-corrected chi connectivity index (χ2v) is 17.1. The second-order valence-electron chi connectivity index (χ2n) is 17.1. The second kappa shape index (κ2) is 13.2. The molecule has 2 nitrogen and oxygen atoms in total. The molecule has 0 atom stereocenters. The van der Waals surface area contributed by atoms with Gasteiger partial charge in [-0.05, 0) is 105 Å². The molecule has 8 aromatic carbocycles. The lowest BCUT2D eigenvalue weighted by Gasteiger charge is -2.29. The Bertz CT molecular complexity index is 2930. The molecule has 1 heterocycles. The van der Waals surface area contributed by atoms with E-state index in [0.29, 0.717) is 0 Å². The van der Waals surface area contributed by atoms with Crippen LogP contribution in [0.25, 0.3) is 60.9 Å². The van der Waals surface area contributed by atoms with Gasteiger partial charge < -0.3 is 9.47 Å². The summed E-state index contributed by atoms with van der Waals surface area (Å²) in [5, 5.41) is 2.49. The van der Waals surface area contributed by atoms with E-state index < -0.39 is 0 Å². The largest absolute Gasteiger partial charge is 0.310 e. The van der Waals surface area contributed by atoms with Crippen LogP contribution in [0.5, 0.6) is 0 Å². The Hall–Kier alpha value is -6.64. The molecule has 0 radical (unpaired) electrons. The fourth-order valence-corrected chi connectivity index (χ4v) is 9.11. The van der Waals surface area contributed by atoms with Crippen molar-refractivity contribution in [1.82, 2.24) is 4.57 Å². The zero-order chi connectivity index (χ0) is 38.9. The molecule has 0 spiro atoms. The van der Waals surface area contributed by atoms with Crippen molar-refractivity contribution in [2.24, 2.45) is 0 Å². The van der Waals surface area contributed by atoms with Gasteiger partial charge in [0, 0.05) is 38.8 Å². The zero-order valence-electron chi connectivity index (χ0n) is 33.3. The van der Waals surface area contributed by atoms with Crippen molar-refractivity contribution in [3.8, 4) is 39.1 Å². The van der Waals surface area contributed by atoms with Crippen molar-refractivity contribution in [3.63, 3.8) is 0 Å². The Labute approximate surface area is 336 Å². The molecule has 0 bridgehead atoms. The van der Waals surface area contributed by atoms with Crippen molar-refractivity contribution in [3.05, 3.63) is 205 Å². The molecule has 0 fully saturated rings. The minimum Gasteiger partial charge on any atom is -0.310 e. The first-order valence-electron chi connectivity index (χ1n) is 20.1.